The van der Waals surface area contributed by atoms with Gasteiger partial charge < -0.3 is 42.9 Å². The third kappa shape index (κ3) is 4.11. The minimum absolute atomic E-state index is 0.0271. The Kier molecular flexibility index (Phi) is 6.20. The Balaban J connectivity index is 1.57. The van der Waals surface area contributed by atoms with E-state index in [9.17, 15) is 9.59 Å². The number of anilines is 1. The van der Waals surface area contributed by atoms with E-state index in [1.165, 1.54) is 28.4 Å². The fourth-order valence-electron chi connectivity index (χ4n) is 4.57. The molecule has 0 bridgehead atoms. The molecule has 0 spiro atoms. The molecule has 2 aromatic carbocycles. The van der Waals surface area contributed by atoms with Crippen molar-refractivity contribution >= 4 is 11.6 Å². The van der Waals surface area contributed by atoms with Crippen molar-refractivity contribution in [2.75, 3.05) is 40.5 Å². The van der Waals surface area contributed by atoms with Crippen molar-refractivity contribution in [3.8, 4) is 40.2 Å². The smallest absolute Gasteiger partial charge is 0.343 e. The Bertz CT molecular complexity index is 1400. The van der Waals surface area contributed by atoms with E-state index in [0.29, 0.717) is 51.5 Å². The minimum atomic E-state index is -1.12. The molecule has 1 N–H and O–H groups in total. The number of ether oxygens (including phenoxy) is 7. The lowest BCUT2D eigenvalue weighted by Crippen LogP contribution is -2.35. The standard InChI is InChI=1S/C26H25NO10/c1-12-6-15-21(26(29)36-12)20(13-7-16(30-2)23-19(8-13)34-11-35-23)24(37-15)25(28)27-14-9-17(31-3)22(33-5)18(10-14)32-4/h6-10,20,24H,11H2,1-5H3,(H,27,28)/t20-,24-/m0/s1. The van der Waals surface area contributed by atoms with Crippen LogP contribution in [-0.4, -0.2) is 47.2 Å². The summed E-state index contributed by atoms with van der Waals surface area (Å²) in [4.78, 5) is 26.6. The molecule has 0 fully saturated rings. The van der Waals surface area contributed by atoms with Crippen LogP contribution in [-0.2, 0) is 4.79 Å². The number of benzene rings is 2. The van der Waals surface area contributed by atoms with Crippen molar-refractivity contribution in [2.24, 2.45) is 0 Å². The second-order valence-corrected chi connectivity index (χ2v) is 8.30. The van der Waals surface area contributed by atoms with Crippen LogP contribution in [0.3, 0.4) is 0 Å². The molecule has 1 aromatic heterocycles. The Morgan fingerprint density at radius 1 is 0.892 bits per heavy atom. The van der Waals surface area contributed by atoms with E-state index in [1.807, 2.05) is 0 Å². The molecule has 37 heavy (non-hydrogen) atoms. The summed E-state index contributed by atoms with van der Waals surface area (Å²) in [5.41, 5.74) is 0.557. The van der Waals surface area contributed by atoms with E-state index in [4.69, 9.17) is 37.6 Å². The number of carbonyl (C=O) groups excluding carboxylic acids is 1. The van der Waals surface area contributed by atoms with Crippen LogP contribution in [0.25, 0.3) is 0 Å². The molecule has 3 heterocycles. The van der Waals surface area contributed by atoms with E-state index in [2.05, 4.69) is 5.32 Å². The van der Waals surface area contributed by atoms with Gasteiger partial charge in [0.25, 0.3) is 5.91 Å². The first-order valence-corrected chi connectivity index (χ1v) is 11.3. The van der Waals surface area contributed by atoms with Crippen LogP contribution in [0.1, 0.15) is 22.8 Å². The number of methoxy groups -OCH3 is 4. The van der Waals surface area contributed by atoms with Crippen LogP contribution in [0, 0.1) is 6.92 Å². The fourth-order valence-corrected chi connectivity index (χ4v) is 4.57. The maximum absolute atomic E-state index is 13.6. The number of carbonyl (C=O) groups is 1. The van der Waals surface area contributed by atoms with Gasteiger partial charge in [0.15, 0.2) is 29.1 Å². The number of hydrogen-bond acceptors (Lipinski definition) is 10. The monoisotopic (exact) mass is 511 g/mol. The number of hydrogen-bond donors (Lipinski definition) is 1. The third-order valence-corrected chi connectivity index (χ3v) is 6.17. The number of aryl methyl sites for hydroxylation is 1. The molecule has 0 saturated carbocycles. The summed E-state index contributed by atoms with van der Waals surface area (Å²) < 4.78 is 44.0. The van der Waals surface area contributed by atoms with Gasteiger partial charge in [0.1, 0.15) is 11.5 Å². The lowest BCUT2D eigenvalue weighted by molar-refractivity contribution is -0.122. The molecule has 0 unspecified atom stereocenters. The number of amides is 1. The summed E-state index contributed by atoms with van der Waals surface area (Å²) in [5.74, 6) is 1.67. The summed E-state index contributed by atoms with van der Waals surface area (Å²) >= 11 is 0. The van der Waals surface area contributed by atoms with Gasteiger partial charge >= 0.3 is 5.63 Å². The van der Waals surface area contributed by atoms with E-state index in [1.54, 1.807) is 37.3 Å². The molecule has 2 aliphatic heterocycles. The van der Waals surface area contributed by atoms with Crippen LogP contribution in [0.15, 0.2) is 39.5 Å². The zero-order valence-electron chi connectivity index (χ0n) is 20.8. The predicted molar refractivity (Wildman–Crippen MR) is 130 cm³/mol. The molecular weight excluding hydrogens is 486 g/mol. The van der Waals surface area contributed by atoms with Crippen LogP contribution in [0.5, 0.6) is 40.2 Å². The lowest BCUT2D eigenvalue weighted by Gasteiger charge is -2.20. The molecule has 0 aliphatic carbocycles. The first kappa shape index (κ1) is 24.2. The molecule has 5 rings (SSSR count). The third-order valence-electron chi connectivity index (χ3n) is 6.17. The highest BCUT2D eigenvalue weighted by atomic mass is 16.7. The van der Waals surface area contributed by atoms with Gasteiger partial charge in [0.05, 0.1) is 39.9 Å². The van der Waals surface area contributed by atoms with Crippen molar-refractivity contribution in [3.63, 3.8) is 0 Å². The Labute approximate surface area is 211 Å². The first-order valence-electron chi connectivity index (χ1n) is 11.3. The van der Waals surface area contributed by atoms with Gasteiger partial charge in [-0.25, -0.2) is 4.79 Å². The molecule has 2 atom stereocenters. The molecule has 11 nitrogen and oxygen atoms in total. The zero-order chi connectivity index (χ0) is 26.3. The van der Waals surface area contributed by atoms with Crippen LogP contribution in [0.4, 0.5) is 5.69 Å². The lowest BCUT2D eigenvalue weighted by atomic mass is 9.88. The van der Waals surface area contributed by atoms with Crippen molar-refractivity contribution < 1.29 is 42.4 Å². The average Bonchev–Trinajstić information content (AvgIpc) is 3.52. The van der Waals surface area contributed by atoms with Gasteiger partial charge in [-0.1, -0.05) is 0 Å². The van der Waals surface area contributed by atoms with E-state index in [-0.39, 0.29) is 18.1 Å². The van der Waals surface area contributed by atoms with E-state index >= 15 is 0 Å². The Hall–Kier alpha value is -4.54. The maximum Gasteiger partial charge on any atom is 0.343 e. The Morgan fingerprint density at radius 2 is 1.59 bits per heavy atom. The highest BCUT2D eigenvalue weighted by Crippen LogP contribution is 2.48. The van der Waals surface area contributed by atoms with Gasteiger partial charge in [-0.2, -0.15) is 0 Å². The van der Waals surface area contributed by atoms with Crippen LogP contribution >= 0.6 is 0 Å². The van der Waals surface area contributed by atoms with Gasteiger partial charge in [-0.05, 0) is 24.6 Å². The molecule has 0 saturated heterocycles. The quantitative estimate of drug-likeness (QED) is 0.506. The second kappa shape index (κ2) is 9.49. The highest BCUT2D eigenvalue weighted by molar-refractivity contribution is 5.97. The van der Waals surface area contributed by atoms with Crippen molar-refractivity contribution in [1.29, 1.82) is 0 Å². The maximum atomic E-state index is 13.6. The van der Waals surface area contributed by atoms with Gasteiger partial charge in [0.2, 0.25) is 18.3 Å². The van der Waals surface area contributed by atoms with Crippen molar-refractivity contribution in [3.05, 3.63) is 57.6 Å². The molecule has 2 aliphatic rings. The molecule has 0 radical (unpaired) electrons. The Morgan fingerprint density at radius 3 is 2.24 bits per heavy atom. The number of nitrogens with one attached hydrogen (secondary N) is 1. The normalized spacial score (nSPS) is 17.0. The van der Waals surface area contributed by atoms with Gasteiger partial charge in [0, 0.05) is 23.9 Å². The molecule has 3 aromatic rings. The SMILES string of the molecule is COc1cc(NC(=O)[C@H]2Oc3cc(C)oc(=O)c3[C@@H]2c2cc(OC)c3c(c2)OCO3)cc(OC)c1OC. The van der Waals surface area contributed by atoms with Crippen LogP contribution in [0.2, 0.25) is 0 Å². The van der Waals surface area contributed by atoms with Gasteiger partial charge in [-0.15, -0.1) is 0 Å². The molecule has 11 heteroatoms. The highest BCUT2D eigenvalue weighted by Gasteiger charge is 2.44. The first-order chi connectivity index (χ1) is 17.9. The van der Waals surface area contributed by atoms with Crippen LogP contribution < -0.4 is 44.1 Å². The average molecular weight is 511 g/mol. The van der Waals surface area contributed by atoms with E-state index < -0.39 is 23.6 Å². The largest absolute Gasteiger partial charge is 0.493 e. The number of fused-ring (bicyclic) bond motifs is 2. The van der Waals surface area contributed by atoms with Gasteiger partial charge in [-0.3, -0.25) is 4.79 Å². The summed E-state index contributed by atoms with van der Waals surface area (Å²) in [6.45, 7) is 1.66. The van der Waals surface area contributed by atoms with Crippen molar-refractivity contribution in [1.82, 2.24) is 0 Å². The minimum Gasteiger partial charge on any atom is -0.493 e. The fraction of sp³-hybridized carbons (Fsp3) is 0.308. The summed E-state index contributed by atoms with van der Waals surface area (Å²) in [7, 11) is 5.93. The summed E-state index contributed by atoms with van der Waals surface area (Å²) in [5, 5.41) is 2.83. The molecule has 194 valence electrons. The van der Waals surface area contributed by atoms with E-state index in [0.717, 1.165) is 0 Å². The summed E-state index contributed by atoms with van der Waals surface area (Å²) in [6.07, 6.45) is -1.12. The molecule has 1 amide bonds. The molecular formula is C26H25NO10. The number of rotatable bonds is 7. The predicted octanol–water partition coefficient (Wildman–Crippen LogP) is 3.24. The topological polar surface area (TPSA) is 124 Å². The van der Waals surface area contributed by atoms with Crippen molar-refractivity contribution in [2.45, 2.75) is 18.9 Å². The second-order valence-electron chi connectivity index (χ2n) is 8.30. The zero-order valence-corrected chi connectivity index (χ0v) is 20.8. The summed E-state index contributed by atoms with van der Waals surface area (Å²) in [6, 6.07) is 8.17.